The minimum absolute atomic E-state index is 0.152. The highest BCUT2D eigenvalue weighted by Gasteiger charge is 2.44. The normalized spacial score (nSPS) is 25.3. The molecule has 1 spiro atoms. The van der Waals surface area contributed by atoms with Gasteiger partial charge in [-0.1, -0.05) is 26.7 Å². The van der Waals surface area contributed by atoms with Gasteiger partial charge in [-0.05, 0) is 50.2 Å². The first kappa shape index (κ1) is 17.3. The van der Waals surface area contributed by atoms with E-state index in [0.717, 1.165) is 48.6 Å². The summed E-state index contributed by atoms with van der Waals surface area (Å²) in [5.41, 5.74) is 2.20. The topological polar surface area (TPSA) is 56.5 Å². The van der Waals surface area contributed by atoms with Gasteiger partial charge in [0.05, 0.1) is 12.0 Å². The van der Waals surface area contributed by atoms with Gasteiger partial charge in [-0.2, -0.15) is 0 Å². The first-order chi connectivity index (χ1) is 12.4. The van der Waals surface area contributed by atoms with Crippen LogP contribution in [0.1, 0.15) is 73.9 Å². The fourth-order valence-corrected chi connectivity index (χ4v) is 4.82. The molecule has 1 fully saturated rings. The summed E-state index contributed by atoms with van der Waals surface area (Å²) in [6.07, 6.45) is 6.28. The van der Waals surface area contributed by atoms with Crippen molar-refractivity contribution >= 4 is 16.8 Å². The number of ether oxygens (including phenoxy) is 1. The average Bonchev–Trinajstić information content (AvgIpc) is 2.57. The van der Waals surface area contributed by atoms with E-state index in [2.05, 4.69) is 13.8 Å². The maximum Gasteiger partial charge on any atom is 0.336 e. The highest BCUT2D eigenvalue weighted by atomic mass is 16.5. The van der Waals surface area contributed by atoms with E-state index in [4.69, 9.17) is 9.15 Å². The lowest BCUT2D eigenvalue weighted by Gasteiger charge is -2.43. The van der Waals surface area contributed by atoms with Crippen molar-refractivity contribution in [3.05, 3.63) is 39.2 Å². The predicted octanol–water partition coefficient (Wildman–Crippen LogP) is 4.97. The zero-order valence-electron chi connectivity index (χ0n) is 15.8. The van der Waals surface area contributed by atoms with Crippen LogP contribution in [-0.4, -0.2) is 11.4 Å². The molecule has 2 aromatic rings. The highest BCUT2D eigenvalue weighted by molar-refractivity contribution is 6.05. The standard InChI is InChI=1S/C22H26O4/c1-4-6-15-9-19(24)25-20-14(3)21-17(10-16(15)20)18(23)12-22(26-21)8-5-7-13(2)11-22/h9-10,13H,4-8,11-12H2,1-3H3/t13-,22-/m1/s1. The molecule has 4 rings (SSSR count). The minimum atomic E-state index is -0.387. The summed E-state index contributed by atoms with van der Waals surface area (Å²) in [4.78, 5) is 25.1. The van der Waals surface area contributed by atoms with Gasteiger partial charge in [-0.3, -0.25) is 4.79 Å². The molecule has 0 bridgehead atoms. The van der Waals surface area contributed by atoms with Crippen molar-refractivity contribution in [2.75, 3.05) is 0 Å². The number of hydrogen-bond acceptors (Lipinski definition) is 4. The molecule has 1 aromatic heterocycles. The Morgan fingerprint density at radius 3 is 2.81 bits per heavy atom. The molecule has 26 heavy (non-hydrogen) atoms. The summed E-state index contributed by atoms with van der Waals surface area (Å²) in [6.45, 7) is 6.21. The monoisotopic (exact) mass is 354 g/mol. The molecule has 1 aliphatic heterocycles. The van der Waals surface area contributed by atoms with E-state index in [9.17, 15) is 9.59 Å². The van der Waals surface area contributed by atoms with Crippen LogP contribution in [0.4, 0.5) is 0 Å². The summed E-state index contributed by atoms with van der Waals surface area (Å²) in [5, 5.41) is 0.868. The summed E-state index contributed by atoms with van der Waals surface area (Å²) in [6, 6.07) is 3.43. The van der Waals surface area contributed by atoms with Gasteiger partial charge in [-0.25, -0.2) is 4.79 Å². The van der Waals surface area contributed by atoms with E-state index >= 15 is 0 Å². The zero-order chi connectivity index (χ0) is 18.5. The molecule has 0 N–H and O–H groups in total. The van der Waals surface area contributed by atoms with E-state index in [1.165, 1.54) is 6.42 Å². The van der Waals surface area contributed by atoms with Gasteiger partial charge >= 0.3 is 5.63 Å². The summed E-state index contributed by atoms with van der Waals surface area (Å²) in [7, 11) is 0. The molecule has 1 aromatic carbocycles. The number of carbonyl (C=O) groups is 1. The maximum atomic E-state index is 13.0. The van der Waals surface area contributed by atoms with Crippen LogP contribution >= 0.6 is 0 Å². The molecule has 0 radical (unpaired) electrons. The van der Waals surface area contributed by atoms with Crippen LogP contribution in [0.5, 0.6) is 5.75 Å². The van der Waals surface area contributed by atoms with Gasteiger partial charge in [0.15, 0.2) is 5.78 Å². The molecule has 4 nitrogen and oxygen atoms in total. The SMILES string of the molecule is CCCc1cc(=O)oc2c(C)c3c(cc12)C(=O)C[C@]1(CCC[C@@H](C)C1)O3. The first-order valence-electron chi connectivity index (χ1n) is 9.75. The number of Topliss-reactive ketones (excluding diaryl/α,β-unsaturated/α-hetero) is 1. The molecule has 0 saturated heterocycles. The number of benzene rings is 1. The second-order valence-electron chi connectivity index (χ2n) is 8.18. The lowest BCUT2D eigenvalue weighted by Crippen LogP contribution is -2.45. The maximum absolute atomic E-state index is 13.0. The average molecular weight is 354 g/mol. The second-order valence-corrected chi connectivity index (χ2v) is 8.18. The summed E-state index contributed by atoms with van der Waals surface area (Å²) in [5.74, 6) is 1.34. The van der Waals surface area contributed by atoms with Crippen LogP contribution < -0.4 is 10.4 Å². The summed E-state index contributed by atoms with van der Waals surface area (Å²) < 4.78 is 12.0. The Kier molecular flexibility index (Phi) is 4.17. The van der Waals surface area contributed by atoms with Crippen molar-refractivity contribution in [3.63, 3.8) is 0 Å². The van der Waals surface area contributed by atoms with Crippen molar-refractivity contribution in [1.82, 2.24) is 0 Å². The van der Waals surface area contributed by atoms with E-state index < -0.39 is 0 Å². The largest absolute Gasteiger partial charge is 0.486 e. The lowest BCUT2D eigenvalue weighted by atomic mass is 9.74. The number of carbonyl (C=O) groups excluding carboxylic acids is 1. The van der Waals surface area contributed by atoms with Gasteiger partial charge in [0.25, 0.3) is 0 Å². The van der Waals surface area contributed by atoms with Crippen molar-refractivity contribution in [2.45, 2.75) is 71.3 Å². The Hall–Kier alpha value is -2.10. The Morgan fingerprint density at radius 2 is 2.08 bits per heavy atom. The van der Waals surface area contributed by atoms with Crippen molar-refractivity contribution in [3.8, 4) is 5.75 Å². The Bertz CT molecular complexity index is 939. The van der Waals surface area contributed by atoms with E-state index in [1.807, 2.05) is 13.0 Å². The Balaban J connectivity index is 1.90. The van der Waals surface area contributed by atoms with Crippen LogP contribution in [0.25, 0.3) is 11.0 Å². The predicted molar refractivity (Wildman–Crippen MR) is 101 cm³/mol. The van der Waals surface area contributed by atoms with Gasteiger partial charge in [-0.15, -0.1) is 0 Å². The van der Waals surface area contributed by atoms with Crippen LogP contribution in [0.15, 0.2) is 21.3 Å². The van der Waals surface area contributed by atoms with Gasteiger partial charge in [0.1, 0.15) is 16.9 Å². The molecule has 2 atom stereocenters. The molecule has 0 amide bonds. The zero-order valence-corrected chi connectivity index (χ0v) is 15.8. The molecule has 1 aliphatic carbocycles. The molecule has 2 heterocycles. The fraction of sp³-hybridized carbons (Fsp3) is 0.545. The molecule has 1 saturated carbocycles. The van der Waals surface area contributed by atoms with Crippen LogP contribution in [0.3, 0.4) is 0 Å². The number of aryl methyl sites for hydroxylation is 2. The Morgan fingerprint density at radius 1 is 1.27 bits per heavy atom. The molecule has 4 heteroatoms. The number of hydrogen-bond donors (Lipinski definition) is 0. The van der Waals surface area contributed by atoms with Crippen LogP contribution in [0, 0.1) is 12.8 Å². The lowest BCUT2D eigenvalue weighted by molar-refractivity contribution is -0.00127. The number of rotatable bonds is 2. The van der Waals surface area contributed by atoms with E-state index in [0.29, 0.717) is 29.2 Å². The van der Waals surface area contributed by atoms with Gasteiger partial charge in [0.2, 0.25) is 0 Å². The first-order valence-corrected chi connectivity index (χ1v) is 9.75. The minimum Gasteiger partial charge on any atom is -0.486 e. The highest BCUT2D eigenvalue weighted by Crippen LogP contribution is 2.46. The van der Waals surface area contributed by atoms with Crippen LogP contribution in [-0.2, 0) is 6.42 Å². The van der Waals surface area contributed by atoms with Crippen molar-refractivity contribution in [2.24, 2.45) is 5.92 Å². The van der Waals surface area contributed by atoms with E-state index in [1.54, 1.807) is 6.07 Å². The third-order valence-electron chi connectivity index (χ3n) is 5.97. The van der Waals surface area contributed by atoms with Crippen molar-refractivity contribution in [1.29, 1.82) is 0 Å². The molecule has 138 valence electrons. The quantitative estimate of drug-likeness (QED) is 0.715. The number of ketones is 1. The second kappa shape index (κ2) is 6.26. The molecule has 0 unspecified atom stereocenters. The fourth-order valence-electron chi connectivity index (χ4n) is 4.82. The Labute approximate surface area is 153 Å². The molecule has 2 aliphatic rings. The third kappa shape index (κ3) is 2.76. The number of fused-ring (bicyclic) bond motifs is 2. The van der Waals surface area contributed by atoms with Crippen molar-refractivity contribution < 1.29 is 13.9 Å². The summed E-state index contributed by atoms with van der Waals surface area (Å²) >= 11 is 0. The van der Waals surface area contributed by atoms with Crippen LogP contribution in [0.2, 0.25) is 0 Å². The van der Waals surface area contributed by atoms with Gasteiger partial charge < -0.3 is 9.15 Å². The van der Waals surface area contributed by atoms with E-state index in [-0.39, 0.29) is 17.0 Å². The third-order valence-corrected chi connectivity index (χ3v) is 5.97. The van der Waals surface area contributed by atoms with Gasteiger partial charge in [0, 0.05) is 17.0 Å². The smallest absolute Gasteiger partial charge is 0.336 e. The molecular formula is C22H26O4. The molecular weight excluding hydrogens is 328 g/mol.